The molecule has 0 bridgehead atoms. The first kappa shape index (κ1) is 16.7. The first-order chi connectivity index (χ1) is 12.7. The number of thiazole rings is 1. The lowest BCUT2D eigenvalue weighted by molar-refractivity contribution is -0.129. The van der Waals surface area contributed by atoms with Gasteiger partial charge in [0, 0.05) is 0 Å². The normalized spacial score (nSPS) is 15.5. The molecule has 0 radical (unpaired) electrons. The average molecular weight is 392 g/mol. The van der Waals surface area contributed by atoms with Crippen LogP contribution >= 0.6 is 22.9 Å². The van der Waals surface area contributed by atoms with Crippen molar-refractivity contribution in [3.8, 4) is 17.2 Å². The number of nitrogens with one attached hydrogen (secondary N) is 2. The Morgan fingerprint density at radius 1 is 1.31 bits per heavy atom. The van der Waals surface area contributed by atoms with Crippen LogP contribution in [0.1, 0.15) is 0 Å². The van der Waals surface area contributed by atoms with E-state index in [-0.39, 0.29) is 12.5 Å². The number of anilines is 1. The van der Waals surface area contributed by atoms with Crippen LogP contribution in [0.15, 0.2) is 36.4 Å². The van der Waals surface area contributed by atoms with Crippen molar-refractivity contribution in [3.63, 3.8) is 0 Å². The van der Waals surface area contributed by atoms with E-state index >= 15 is 0 Å². The zero-order valence-corrected chi connectivity index (χ0v) is 15.2. The summed E-state index contributed by atoms with van der Waals surface area (Å²) in [7, 11) is 1.56. The summed E-state index contributed by atoms with van der Waals surface area (Å²) in [5.41, 5.74) is 6.01. The molecule has 2 aromatic carbocycles. The highest BCUT2D eigenvalue weighted by Crippen LogP contribution is 2.37. The minimum absolute atomic E-state index is 0.129. The number of benzene rings is 2. The number of para-hydroxylation sites is 2. The van der Waals surface area contributed by atoms with Gasteiger partial charge in [-0.2, -0.15) is 0 Å². The van der Waals surface area contributed by atoms with Crippen LogP contribution in [0.5, 0.6) is 17.2 Å². The molecule has 3 aromatic rings. The Labute approximate surface area is 157 Å². The van der Waals surface area contributed by atoms with E-state index in [0.717, 1.165) is 4.70 Å². The number of methoxy groups -OCH3 is 1. The predicted octanol–water partition coefficient (Wildman–Crippen LogP) is 3.24. The van der Waals surface area contributed by atoms with Gasteiger partial charge in [0.1, 0.15) is 17.9 Å². The summed E-state index contributed by atoms with van der Waals surface area (Å²) < 4.78 is 17.3. The quantitative estimate of drug-likeness (QED) is 0.664. The van der Waals surface area contributed by atoms with Crippen LogP contribution in [-0.2, 0) is 4.79 Å². The summed E-state index contributed by atoms with van der Waals surface area (Å²) in [4.78, 5) is 16.7. The molecule has 134 valence electrons. The molecule has 2 N–H and O–H groups in total. The van der Waals surface area contributed by atoms with Crippen LogP contribution in [0.3, 0.4) is 0 Å². The van der Waals surface area contributed by atoms with Crippen molar-refractivity contribution < 1.29 is 19.0 Å². The number of carbonyl (C=O) groups is 1. The summed E-state index contributed by atoms with van der Waals surface area (Å²) in [6, 6.07) is 10.7. The number of hydrogen-bond donors (Lipinski definition) is 2. The zero-order chi connectivity index (χ0) is 18.1. The first-order valence-corrected chi connectivity index (χ1v) is 8.92. The van der Waals surface area contributed by atoms with Gasteiger partial charge in [-0.05, 0) is 24.3 Å². The van der Waals surface area contributed by atoms with Crippen LogP contribution in [0.25, 0.3) is 10.2 Å². The third kappa shape index (κ3) is 3.09. The minimum Gasteiger partial charge on any atom is -0.494 e. The molecule has 1 amide bonds. The van der Waals surface area contributed by atoms with Crippen molar-refractivity contribution in [2.75, 3.05) is 19.1 Å². The Kier molecular flexibility index (Phi) is 4.44. The molecule has 0 aliphatic carbocycles. The lowest BCUT2D eigenvalue weighted by atomic mass is 10.2. The molecule has 0 spiro atoms. The van der Waals surface area contributed by atoms with Gasteiger partial charge in [-0.3, -0.25) is 15.6 Å². The van der Waals surface area contributed by atoms with Crippen molar-refractivity contribution in [3.05, 3.63) is 41.4 Å². The van der Waals surface area contributed by atoms with Crippen molar-refractivity contribution in [2.45, 2.75) is 6.10 Å². The Hall–Kier alpha value is -2.71. The van der Waals surface area contributed by atoms with Gasteiger partial charge in [-0.25, -0.2) is 4.98 Å². The van der Waals surface area contributed by atoms with Crippen molar-refractivity contribution in [2.24, 2.45) is 0 Å². The predicted molar refractivity (Wildman–Crippen MR) is 99.3 cm³/mol. The fraction of sp³-hybridized carbons (Fsp3) is 0.176. The molecule has 0 saturated heterocycles. The summed E-state index contributed by atoms with van der Waals surface area (Å²) in [6.07, 6.45) is -0.759. The second-order valence-electron chi connectivity index (χ2n) is 5.42. The molecule has 1 atom stereocenters. The number of fused-ring (bicyclic) bond motifs is 2. The Bertz CT molecular complexity index is 978. The number of nitrogens with zero attached hydrogens (tertiary/aromatic N) is 1. The number of hydrazine groups is 1. The van der Waals surface area contributed by atoms with Crippen LogP contribution in [0.2, 0.25) is 5.02 Å². The average Bonchev–Trinajstić information content (AvgIpc) is 3.11. The number of hydrogen-bond acceptors (Lipinski definition) is 7. The number of rotatable bonds is 4. The number of amides is 1. The zero-order valence-electron chi connectivity index (χ0n) is 13.6. The molecule has 0 saturated carbocycles. The second kappa shape index (κ2) is 6.89. The van der Waals surface area contributed by atoms with Gasteiger partial charge < -0.3 is 14.2 Å². The van der Waals surface area contributed by atoms with Crippen molar-refractivity contribution >= 4 is 44.2 Å². The summed E-state index contributed by atoms with van der Waals surface area (Å²) in [5, 5.41) is 1.05. The van der Waals surface area contributed by atoms with E-state index in [1.807, 2.05) is 12.1 Å². The van der Waals surface area contributed by atoms with Gasteiger partial charge >= 0.3 is 0 Å². The van der Waals surface area contributed by atoms with Crippen molar-refractivity contribution in [1.82, 2.24) is 10.4 Å². The highest BCUT2D eigenvalue weighted by Gasteiger charge is 2.27. The van der Waals surface area contributed by atoms with Crippen LogP contribution in [0, 0.1) is 0 Å². The van der Waals surface area contributed by atoms with Gasteiger partial charge in [0.15, 0.2) is 11.5 Å². The van der Waals surface area contributed by atoms with Crippen LogP contribution in [-0.4, -0.2) is 30.7 Å². The summed E-state index contributed by atoms with van der Waals surface area (Å²) in [5.74, 6) is 1.41. The van der Waals surface area contributed by atoms with E-state index in [4.69, 9.17) is 25.8 Å². The van der Waals surface area contributed by atoms with Gasteiger partial charge in [0.2, 0.25) is 11.2 Å². The molecule has 2 heterocycles. The summed E-state index contributed by atoms with van der Waals surface area (Å²) >= 11 is 7.50. The second-order valence-corrected chi connectivity index (χ2v) is 6.83. The molecule has 1 aliphatic heterocycles. The van der Waals surface area contributed by atoms with Crippen LogP contribution in [0.4, 0.5) is 5.13 Å². The fourth-order valence-electron chi connectivity index (χ4n) is 2.51. The Morgan fingerprint density at radius 3 is 2.92 bits per heavy atom. The fourth-order valence-corrected chi connectivity index (χ4v) is 3.62. The number of aromatic nitrogens is 1. The SMILES string of the molecule is COc1ccc(Cl)c2sc(NNC(=O)[C@H]3COc4ccccc4O3)nc12. The maximum Gasteiger partial charge on any atom is 0.283 e. The number of ether oxygens (including phenoxy) is 3. The lowest BCUT2D eigenvalue weighted by Crippen LogP contribution is -2.45. The van der Waals surface area contributed by atoms with E-state index in [1.165, 1.54) is 11.3 Å². The number of halogens is 1. The monoisotopic (exact) mass is 391 g/mol. The standard InChI is InChI=1S/C17H14ClN3O4S/c1-23-12-7-6-9(18)15-14(12)19-17(26-15)21-20-16(22)13-8-24-10-4-2-3-5-11(10)25-13/h2-7,13H,8H2,1H3,(H,19,21)(H,20,22)/t13-/m1/s1. The van der Waals surface area contributed by atoms with Gasteiger partial charge in [0.25, 0.3) is 5.91 Å². The van der Waals surface area contributed by atoms with Crippen LogP contribution < -0.4 is 25.1 Å². The lowest BCUT2D eigenvalue weighted by Gasteiger charge is -2.25. The Morgan fingerprint density at radius 2 is 2.12 bits per heavy atom. The van der Waals surface area contributed by atoms with E-state index in [9.17, 15) is 4.79 Å². The van der Waals surface area contributed by atoms with Gasteiger partial charge in [0.05, 0.1) is 16.8 Å². The maximum atomic E-state index is 12.3. The number of carbonyl (C=O) groups excluding carboxylic acids is 1. The molecule has 0 fully saturated rings. The van der Waals surface area contributed by atoms with E-state index < -0.39 is 6.10 Å². The first-order valence-electron chi connectivity index (χ1n) is 7.73. The molecule has 4 rings (SSSR count). The highest BCUT2D eigenvalue weighted by atomic mass is 35.5. The molecular weight excluding hydrogens is 378 g/mol. The summed E-state index contributed by atoms with van der Waals surface area (Å²) in [6.45, 7) is 0.129. The van der Waals surface area contributed by atoms with Gasteiger partial charge in [-0.1, -0.05) is 35.1 Å². The largest absolute Gasteiger partial charge is 0.494 e. The van der Waals surface area contributed by atoms with E-state index in [1.54, 1.807) is 31.4 Å². The smallest absolute Gasteiger partial charge is 0.283 e. The maximum absolute atomic E-state index is 12.3. The third-order valence-corrected chi connectivity index (χ3v) is 5.20. The third-order valence-electron chi connectivity index (χ3n) is 3.77. The highest BCUT2D eigenvalue weighted by molar-refractivity contribution is 7.22. The molecule has 26 heavy (non-hydrogen) atoms. The molecule has 0 unspecified atom stereocenters. The van der Waals surface area contributed by atoms with E-state index in [2.05, 4.69) is 15.8 Å². The molecule has 9 heteroatoms. The molecule has 7 nitrogen and oxygen atoms in total. The van der Waals surface area contributed by atoms with Gasteiger partial charge in [-0.15, -0.1) is 0 Å². The molecule has 1 aliphatic rings. The Balaban J connectivity index is 1.45. The molecule has 1 aromatic heterocycles. The topological polar surface area (TPSA) is 81.7 Å². The van der Waals surface area contributed by atoms with Crippen molar-refractivity contribution in [1.29, 1.82) is 0 Å². The minimum atomic E-state index is -0.759. The molecular formula is C17H14ClN3O4S. The van der Waals surface area contributed by atoms with E-state index in [0.29, 0.717) is 32.9 Å².